The number of aromatic nitrogens is 4. The van der Waals surface area contributed by atoms with E-state index in [-0.39, 0.29) is 11.0 Å². The van der Waals surface area contributed by atoms with Crippen molar-refractivity contribution in [3.8, 4) is 62.1 Å². The van der Waals surface area contributed by atoms with E-state index in [0.29, 0.717) is 28.8 Å². The van der Waals surface area contributed by atoms with Gasteiger partial charge in [0.2, 0.25) is 0 Å². The SMILES string of the molecule is [2H]C([2H])([2H])c1cc(-n2c3cc(Oc4cccc(-n5[c](=[Pt])n(-c6c(-c7ccccc7)cccc6-c6ccccc6)c6ccccc65)c4)ccc3c3cc4c(cc32)CCC(C)C4)ncc1-c1ccc(C(C)(C)C)cc1. The van der Waals surface area contributed by atoms with E-state index in [4.69, 9.17) is 13.8 Å². The van der Waals surface area contributed by atoms with Crippen molar-refractivity contribution in [3.05, 3.63) is 220 Å². The molecule has 0 radical (unpaired) electrons. The summed E-state index contributed by atoms with van der Waals surface area (Å²) in [5.41, 5.74) is 16.2. The monoisotopic (exact) mass is 1090 g/mol. The van der Waals surface area contributed by atoms with Crippen LogP contribution in [-0.4, -0.2) is 18.7 Å². The number of imidazole rings is 1. The standard InChI is InChI=1S/C64H54N4O.Pt/c1-42-26-27-47-37-60-56(36-48(47)34-42)55-33-32-52(39-61(55)68(60)62-35-43(2)57(40-65-62)46-28-30-49(31-29-46)64(3,4)5)69-51-21-14-20-50(38-51)66-41-67(59-25-13-12-24-58(59)66)63-53(44-16-8-6-9-17-44)22-15-23-54(63)45-18-10-7-11-19-45;/h6-25,28-33,35-40,42H,26-27,34H2,1-5H3;/i2D3;. The smallest absolute Gasteiger partial charge is 0.0622 e. The molecule has 0 amide bonds. The Kier molecular flexibility index (Phi) is 10.2. The van der Waals surface area contributed by atoms with Gasteiger partial charge in [-0.05, 0) is 65.3 Å². The fraction of sp³-hybridized carbons (Fsp3) is 0.156. The Morgan fingerprint density at radius 2 is 1.21 bits per heavy atom. The normalized spacial score (nSPS) is 14.7. The minimum atomic E-state index is -2.39. The molecule has 0 saturated carbocycles. The Labute approximate surface area is 424 Å². The summed E-state index contributed by atoms with van der Waals surface area (Å²) in [7, 11) is 0. The number of rotatable bonds is 8. The first kappa shape index (κ1) is 40.5. The molecule has 5 nitrogen and oxygen atoms in total. The van der Waals surface area contributed by atoms with Gasteiger partial charge in [-0.25, -0.2) is 0 Å². The van der Waals surface area contributed by atoms with E-state index < -0.39 is 6.85 Å². The average molecular weight is 1090 g/mol. The van der Waals surface area contributed by atoms with E-state index in [1.54, 1.807) is 12.3 Å². The van der Waals surface area contributed by atoms with Crippen LogP contribution in [0.1, 0.15) is 60.5 Å². The third kappa shape index (κ3) is 7.78. The van der Waals surface area contributed by atoms with Crippen LogP contribution < -0.4 is 4.74 Å². The van der Waals surface area contributed by atoms with Crippen LogP contribution >= 0.6 is 0 Å². The van der Waals surface area contributed by atoms with E-state index in [9.17, 15) is 0 Å². The molecule has 0 fully saturated rings. The molecule has 6 heteroatoms. The first-order chi connectivity index (χ1) is 35.3. The number of hydrogen-bond acceptors (Lipinski definition) is 2. The van der Waals surface area contributed by atoms with Crippen molar-refractivity contribution in [2.24, 2.45) is 5.92 Å². The van der Waals surface area contributed by atoms with Crippen LogP contribution in [0.3, 0.4) is 0 Å². The van der Waals surface area contributed by atoms with Gasteiger partial charge in [0.15, 0.2) is 0 Å². The zero-order valence-corrected chi connectivity index (χ0v) is 42.0. The Bertz CT molecular complexity index is 3920. The minimum absolute atomic E-state index is 0.0317. The molecule has 12 rings (SSSR count). The van der Waals surface area contributed by atoms with Gasteiger partial charge in [-0.15, -0.1) is 0 Å². The van der Waals surface area contributed by atoms with Gasteiger partial charge >= 0.3 is 294 Å². The summed E-state index contributed by atoms with van der Waals surface area (Å²) >= 11 is 2.48. The van der Waals surface area contributed by atoms with Gasteiger partial charge < -0.3 is 0 Å². The number of aryl methyl sites for hydroxylation is 2. The topological polar surface area (TPSA) is 36.9 Å². The van der Waals surface area contributed by atoms with Crippen LogP contribution in [0.4, 0.5) is 0 Å². The van der Waals surface area contributed by atoms with Crippen LogP contribution in [0.25, 0.3) is 83.4 Å². The van der Waals surface area contributed by atoms with E-state index in [1.807, 2.05) is 30.3 Å². The van der Waals surface area contributed by atoms with E-state index in [0.717, 1.165) is 95.1 Å². The first-order valence-electron chi connectivity index (χ1n) is 25.7. The predicted molar refractivity (Wildman–Crippen MR) is 285 cm³/mol. The molecule has 1 atom stereocenters. The third-order valence-electron chi connectivity index (χ3n) is 14.2. The number of benzene rings is 8. The summed E-state index contributed by atoms with van der Waals surface area (Å²) in [5.74, 6) is 2.50. The molecule has 1 aliphatic carbocycles. The summed E-state index contributed by atoms with van der Waals surface area (Å²) < 4.78 is 41.1. The quantitative estimate of drug-likeness (QED) is 0.152. The predicted octanol–water partition coefficient (Wildman–Crippen LogP) is 16.5. The number of pyridine rings is 1. The Morgan fingerprint density at radius 1 is 0.571 bits per heavy atom. The van der Waals surface area contributed by atoms with Crippen molar-refractivity contribution in [1.82, 2.24) is 18.7 Å². The Morgan fingerprint density at radius 3 is 1.91 bits per heavy atom. The van der Waals surface area contributed by atoms with Crippen molar-refractivity contribution in [3.63, 3.8) is 0 Å². The fourth-order valence-corrected chi connectivity index (χ4v) is 11.7. The number of para-hydroxylation sites is 3. The van der Waals surface area contributed by atoms with E-state index >= 15 is 0 Å². The van der Waals surface area contributed by atoms with Gasteiger partial charge in [0.05, 0.1) is 0 Å². The molecule has 0 N–H and O–H groups in total. The van der Waals surface area contributed by atoms with Crippen LogP contribution in [0.5, 0.6) is 11.5 Å². The first-order valence-corrected chi connectivity index (χ1v) is 25.3. The zero-order valence-electron chi connectivity index (χ0n) is 42.7. The summed E-state index contributed by atoms with van der Waals surface area (Å²) in [4.78, 5) is 5.09. The van der Waals surface area contributed by atoms with E-state index in [1.165, 1.54) is 16.7 Å². The van der Waals surface area contributed by atoms with Crippen LogP contribution in [-0.2, 0) is 37.6 Å². The number of fused-ring (bicyclic) bond motifs is 5. The molecule has 3 heterocycles. The van der Waals surface area contributed by atoms with Crippen LogP contribution in [0.15, 0.2) is 194 Å². The van der Waals surface area contributed by atoms with Gasteiger partial charge in [0.25, 0.3) is 0 Å². The summed E-state index contributed by atoms with van der Waals surface area (Å²) in [6, 6.07) is 65.6. The molecule has 1 unspecified atom stereocenters. The molecule has 11 aromatic rings. The van der Waals surface area contributed by atoms with Crippen LogP contribution in [0.2, 0.25) is 0 Å². The van der Waals surface area contributed by atoms with Crippen molar-refractivity contribution in [2.75, 3.05) is 0 Å². The molecule has 0 aliphatic heterocycles. The maximum absolute atomic E-state index is 8.80. The van der Waals surface area contributed by atoms with E-state index in [2.05, 4.69) is 212 Å². The van der Waals surface area contributed by atoms with Gasteiger partial charge in [0, 0.05) is 15.9 Å². The molecule has 70 heavy (non-hydrogen) atoms. The van der Waals surface area contributed by atoms with Gasteiger partial charge in [-0.3, -0.25) is 0 Å². The van der Waals surface area contributed by atoms with Crippen LogP contribution in [0, 0.1) is 16.6 Å². The number of hydrogen-bond donors (Lipinski definition) is 0. The van der Waals surface area contributed by atoms with Crippen molar-refractivity contribution in [1.29, 1.82) is 0 Å². The second-order valence-corrected chi connectivity index (χ2v) is 20.9. The molecule has 1 aliphatic rings. The summed E-state index contributed by atoms with van der Waals surface area (Å²) in [6.07, 6.45) is 4.90. The van der Waals surface area contributed by atoms with Gasteiger partial charge in [-0.2, -0.15) is 0 Å². The molecule has 0 saturated heterocycles. The molecule has 0 bridgehead atoms. The molecular weight excluding hydrogens is 1040 g/mol. The second-order valence-electron chi connectivity index (χ2n) is 19.9. The van der Waals surface area contributed by atoms with Gasteiger partial charge in [0.1, 0.15) is 0 Å². The van der Waals surface area contributed by atoms with Crippen molar-refractivity contribution >= 4 is 32.8 Å². The molecule has 346 valence electrons. The maximum atomic E-state index is 8.80. The molecular formula is C64H54N4OPt. The van der Waals surface area contributed by atoms with Crippen molar-refractivity contribution < 1.29 is 28.2 Å². The average Bonchev–Trinajstić information content (AvgIpc) is 3.87. The van der Waals surface area contributed by atoms with Crippen molar-refractivity contribution in [2.45, 2.75) is 59.2 Å². The zero-order chi connectivity index (χ0) is 50.2. The Hall–Kier alpha value is -7.33. The minimum Gasteiger partial charge on any atom is -0.0622 e. The summed E-state index contributed by atoms with van der Waals surface area (Å²) in [6.45, 7) is 6.48. The Balaban J connectivity index is 0.985. The molecule has 8 aromatic carbocycles. The van der Waals surface area contributed by atoms with Gasteiger partial charge in [-0.1, -0.05) is 52.0 Å². The number of nitrogens with zero attached hydrogens (tertiary/aromatic N) is 4. The second kappa shape index (κ2) is 17.6. The fourth-order valence-electron chi connectivity index (χ4n) is 10.6. The third-order valence-corrected chi connectivity index (χ3v) is 15.2. The number of ether oxygens (including phenoxy) is 1. The molecule has 3 aromatic heterocycles. The molecule has 0 spiro atoms. The summed E-state index contributed by atoms with van der Waals surface area (Å²) in [5, 5.41) is 2.17.